The number of likely N-dealkylation sites (N-methyl/N-ethyl adjacent to an activating group) is 1. The molecule has 2 fully saturated rings. The number of hydrogen-bond donors (Lipinski definition) is 2. The molecule has 7 heteroatoms. The molecule has 2 aliphatic heterocycles. The Balaban J connectivity index is 1.54. The van der Waals surface area contributed by atoms with Crippen molar-refractivity contribution in [3.63, 3.8) is 0 Å². The zero-order valence-corrected chi connectivity index (χ0v) is 15.2. The van der Waals surface area contributed by atoms with Gasteiger partial charge in [-0.15, -0.1) is 0 Å². The molecule has 1 atom stereocenters. The number of aromatic nitrogens is 1. The molecule has 1 aromatic rings. The van der Waals surface area contributed by atoms with E-state index in [1.54, 1.807) is 0 Å². The van der Waals surface area contributed by atoms with Crippen LogP contribution in [0.5, 0.6) is 0 Å². The van der Waals surface area contributed by atoms with E-state index in [1.165, 1.54) is 0 Å². The number of nitrogens with zero attached hydrogens (tertiary/aromatic N) is 3. The predicted molar refractivity (Wildman–Crippen MR) is 97.3 cm³/mol. The minimum atomic E-state index is -0.733. The molecule has 26 heavy (non-hydrogen) atoms. The predicted octanol–water partition coefficient (Wildman–Crippen LogP) is 1.04. The average molecular weight is 358 g/mol. The number of carboxylic acids is 1. The molecule has 0 bridgehead atoms. The maximum Gasteiger partial charge on any atom is 0.320 e. The Morgan fingerprint density at radius 3 is 2.65 bits per heavy atom. The Bertz CT molecular complexity index is 755. The molecule has 1 spiro atoms. The topological polar surface area (TPSA) is 99.8 Å². The first-order chi connectivity index (χ1) is 12.4. The maximum atomic E-state index is 12.0. The monoisotopic (exact) mass is 358 g/mol. The Kier molecular flexibility index (Phi) is 4.14. The third-order valence-electron chi connectivity index (χ3n) is 6.45. The molecule has 1 amide bonds. The van der Waals surface area contributed by atoms with Crippen molar-refractivity contribution in [3.8, 4) is 0 Å². The Morgan fingerprint density at radius 1 is 1.31 bits per heavy atom. The lowest BCUT2D eigenvalue weighted by atomic mass is 9.76. The standard InChI is InChI=1S/C19H26N4O3/c1-22-11-19(10-15(22)18(25)26)5-7-23(8-6-19)17-13(16(20)24)9-12-3-2-4-14(12)21-17/h9,15H,2-8,10-11H2,1H3,(H2,20,24)(H,25,26)/t15-/m0/s1. The summed E-state index contributed by atoms with van der Waals surface area (Å²) < 4.78 is 0. The summed E-state index contributed by atoms with van der Waals surface area (Å²) in [5.74, 6) is -0.439. The van der Waals surface area contributed by atoms with E-state index < -0.39 is 11.9 Å². The number of aliphatic carboxylic acids is 1. The third-order valence-corrected chi connectivity index (χ3v) is 6.45. The van der Waals surface area contributed by atoms with Gasteiger partial charge < -0.3 is 15.7 Å². The van der Waals surface area contributed by atoms with Crippen LogP contribution >= 0.6 is 0 Å². The molecule has 140 valence electrons. The SMILES string of the molecule is CN1CC2(CCN(c3nc4c(cc3C(N)=O)CCC4)CC2)C[C@H]1C(=O)O. The number of primary amides is 1. The van der Waals surface area contributed by atoms with Gasteiger partial charge in [0.15, 0.2) is 0 Å². The van der Waals surface area contributed by atoms with Crippen LogP contribution in [0.3, 0.4) is 0 Å². The number of hydrogen-bond acceptors (Lipinski definition) is 5. The molecule has 1 aliphatic carbocycles. The van der Waals surface area contributed by atoms with Gasteiger partial charge in [0.1, 0.15) is 11.9 Å². The van der Waals surface area contributed by atoms with Crippen molar-refractivity contribution < 1.29 is 14.7 Å². The summed E-state index contributed by atoms with van der Waals surface area (Å²) in [6.07, 6.45) is 5.54. The molecule has 3 aliphatic rings. The van der Waals surface area contributed by atoms with Gasteiger partial charge in [0.2, 0.25) is 0 Å². The fraction of sp³-hybridized carbons (Fsp3) is 0.632. The lowest BCUT2D eigenvalue weighted by molar-refractivity contribution is -0.141. The van der Waals surface area contributed by atoms with Crippen LogP contribution in [-0.4, -0.2) is 59.6 Å². The minimum absolute atomic E-state index is 0.0535. The zero-order valence-electron chi connectivity index (χ0n) is 15.2. The second-order valence-corrected chi connectivity index (χ2v) is 8.14. The van der Waals surface area contributed by atoms with E-state index in [0.29, 0.717) is 17.8 Å². The lowest BCUT2D eigenvalue weighted by Gasteiger charge is -2.40. The summed E-state index contributed by atoms with van der Waals surface area (Å²) in [6.45, 7) is 2.39. The molecule has 0 unspecified atom stereocenters. The van der Waals surface area contributed by atoms with Gasteiger partial charge in [-0.1, -0.05) is 0 Å². The molecule has 4 rings (SSSR count). The highest BCUT2D eigenvalue weighted by molar-refractivity contribution is 5.98. The number of carboxylic acid groups (broad SMARTS) is 1. The van der Waals surface area contributed by atoms with Crippen molar-refractivity contribution in [2.45, 2.75) is 44.6 Å². The number of pyridine rings is 1. The number of aryl methyl sites for hydroxylation is 2. The molecule has 1 aromatic heterocycles. The van der Waals surface area contributed by atoms with Crippen molar-refractivity contribution in [2.24, 2.45) is 11.1 Å². The number of amides is 1. The summed E-state index contributed by atoms with van der Waals surface area (Å²) in [4.78, 5) is 32.3. The highest BCUT2D eigenvalue weighted by Crippen LogP contribution is 2.44. The molecule has 3 N–H and O–H groups in total. The number of fused-ring (bicyclic) bond motifs is 1. The fourth-order valence-corrected chi connectivity index (χ4v) is 4.98. The van der Waals surface area contributed by atoms with E-state index in [1.807, 2.05) is 18.0 Å². The molecule has 2 saturated heterocycles. The van der Waals surface area contributed by atoms with E-state index in [2.05, 4.69) is 4.90 Å². The molecule has 0 saturated carbocycles. The number of rotatable bonds is 3. The lowest BCUT2D eigenvalue weighted by Crippen LogP contribution is -2.42. The summed E-state index contributed by atoms with van der Waals surface area (Å²) in [6, 6.07) is 1.54. The van der Waals surface area contributed by atoms with E-state index >= 15 is 0 Å². The van der Waals surface area contributed by atoms with Crippen LogP contribution in [0.15, 0.2) is 6.07 Å². The summed E-state index contributed by atoms with van der Waals surface area (Å²) in [5.41, 5.74) is 8.44. The highest BCUT2D eigenvalue weighted by atomic mass is 16.4. The second-order valence-electron chi connectivity index (χ2n) is 8.14. The van der Waals surface area contributed by atoms with Crippen molar-refractivity contribution in [3.05, 3.63) is 22.9 Å². The van der Waals surface area contributed by atoms with Crippen molar-refractivity contribution in [1.82, 2.24) is 9.88 Å². The van der Waals surface area contributed by atoms with Gasteiger partial charge in [-0.25, -0.2) is 4.98 Å². The first kappa shape index (κ1) is 17.3. The van der Waals surface area contributed by atoms with E-state index in [0.717, 1.165) is 63.0 Å². The van der Waals surface area contributed by atoms with E-state index in [-0.39, 0.29) is 11.5 Å². The third kappa shape index (κ3) is 2.84. The molecule has 0 aromatic carbocycles. The number of carbonyl (C=O) groups is 2. The van der Waals surface area contributed by atoms with Crippen LogP contribution in [-0.2, 0) is 17.6 Å². The quantitative estimate of drug-likeness (QED) is 0.838. The molecular formula is C19H26N4O3. The second kappa shape index (κ2) is 6.23. The van der Waals surface area contributed by atoms with E-state index in [9.17, 15) is 14.7 Å². The van der Waals surface area contributed by atoms with Gasteiger partial charge in [0.25, 0.3) is 5.91 Å². The van der Waals surface area contributed by atoms with Gasteiger partial charge in [-0.05, 0) is 62.6 Å². The fourth-order valence-electron chi connectivity index (χ4n) is 4.98. The van der Waals surface area contributed by atoms with Crippen LogP contribution in [0.4, 0.5) is 5.82 Å². The first-order valence-corrected chi connectivity index (χ1v) is 9.39. The van der Waals surface area contributed by atoms with Crippen LogP contribution in [0, 0.1) is 5.41 Å². The normalized spacial score (nSPS) is 24.8. The molecule has 7 nitrogen and oxygen atoms in total. The Morgan fingerprint density at radius 2 is 2.04 bits per heavy atom. The average Bonchev–Trinajstić information content (AvgIpc) is 3.18. The van der Waals surface area contributed by atoms with Gasteiger partial charge in [-0.2, -0.15) is 0 Å². The molecule has 0 radical (unpaired) electrons. The number of likely N-dealkylation sites (tertiary alicyclic amines) is 1. The van der Waals surface area contributed by atoms with Gasteiger partial charge in [-0.3, -0.25) is 14.5 Å². The number of piperidine rings is 1. The summed E-state index contributed by atoms with van der Waals surface area (Å²) in [5, 5.41) is 9.40. The largest absolute Gasteiger partial charge is 0.480 e. The van der Waals surface area contributed by atoms with Crippen LogP contribution in [0.25, 0.3) is 0 Å². The molecular weight excluding hydrogens is 332 g/mol. The van der Waals surface area contributed by atoms with Gasteiger partial charge >= 0.3 is 5.97 Å². The number of nitrogens with two attached hydrogens (primary N) is 1. The smallest absolute Gasteiger partial charge is 0.320 e. The van der Waals surface area contributed by atoms with Gasteiger partial charge in [0.05, 0.1) is 5.56 Å². The number of anilines is 1. The summed E-state index contributed by atoms with van der Waals surface area (Å²) >= 11 is 0. The highest BCUT2D eigenvalue weighted by Gasteiger charge is 2.47. The minimum Gasteiger partial charge on any atom is -0.480 e. The van der Waals surface area contributed by atoms with Gasteiger partial charge in [0, 0.05) is 25.3 Å². The van der Waals surface area contributed by atoms with Crippen molar-refractivity contribution in [1.29, 1.82) is 0 Å². The summed E-state index contributed by atoms with van der Waals surface area (Å²) in [7, 11) is 1.90. The van der Waals surface area contributed by atoms with Crippen LogP contribution < -0.4 is 10.6 Å². The molecule has 3 heterocycles. The maximum absolute atomic E-state index is 12.0. The zero-order chi connectivity index (χ0) is 18.5. The van der Waals surface area contributed by atoms with Crippen molar-refractivity contribution >= 4 is 17.7 Å². The Hall–Kier alpha value is -2.15. The van der Waals surface area contributed by atoms with Crippen LogP contribution in [0.1, 0.15) is 47.3 Å². The van der Waals surface area contributed by atoms with Crippen molar-refractivity contribution in [2.75, 3.05) is 31.6 Å². The van der Waals surface area contributed by atoms with Crippen LogP contribution in [0.2, 0.25) is 0 Å². The number of carbonyl (C=O) groups excluding carboxylic acids is 1. The van der Waals surface area contributed by atoms with E-state index in [4.69, 9.17) is 10.7 Å². The first-order valence-electron chi connectivity index (χ1n) is 9.39. The Labute approximate surface area is 153 Å².